The first-order valence-electron chi connectivity index (χ1n) is 6.54. The van der Waals surface area contributed by atoms with Crippen LogP contribution in [0.4, 0.5) is 0 Å². The van der Waals surface area contributed by atoms with E-state index >= 15 is 0 Å². The zero-order valence-electron chi connectivity index (χ0n) is 11.8. The van der Waals surface area contributed by atoms with Crippen molar-refractivity contribution in [3.63, 3.8) is 0 Å². The molecule has 0 unspecified atom stereocenters. The van der Waals surface area contributed by atoms with E-state index < -0.39 is 9.84 Å². The van der Waals surface area contributed by atoms with E-state index in [9.17, 15) is 13.2 Å². The van der Waals surface area contributed by atoms with Gasteiger partial charge in [0.15, 0.2) is 15.0 Å². The van der Waals surface area contributed by atoms with Crippen LogP contribution in [0.15, 0.2) is 17.8 Å². The Morgan fingerprint density at radius 2 is 2.33 bits per heavy atom. The van der Waals surface area contributed by atoms with E-state index in [0.29, 0.717) is 18.1 Å². The molecule has 0 aliphatic carbocycles. The number of thioether (sulfide) groups is 1. The first kappa shape index (κ1) is 16.0. The van der Waals surface area contributed by atoms with Crippen molar-refractivity contribution in [2.24, 2.45) is 0 Å². The Labute approximate surface area is 128 Å². The summed E-state index contributed by atoms with van der Waals surface area (Å²) >= 11 is 1.28. The van der Waals surface area contributed by atoms with Gasteiger partial charge in [-0.25, -0.2) is 8.42 Å². The molecule has 0 bridgehead atoms. The summed E-state index contributed by atoms with van der Waals surface area (Å²) in [6.45, 7) is 6.10. The first-order valence-corrected chi connectivity index (χ1v) is 9.35. The molecular weight excluding hydrogens is 312 g/mol. The first-order chi connectivity index (χ1) is 9.91. The maximum Gasteiger partial charge on any atom is 0.230 e. The third-order valence-electron chi connectivity index (χ3n) is 3.14. The van der Waals surface area contributed by atoms with Gasteiger partial charge < -0.3 is 9.88 Å². The SMILES string of the molecule is C=CCn1c(C)nnc1SCC(=O)N[C@@H]1CCS(=O)(=O)C1. The minimum atomic E-state index is -2.98. The van der Waals surface area contributed by atoms with Crippen LogP contribution in [0.5, 0.6) is 0 Å². The monoisotopic (exact) mass is 330 g/mol. The topological polar surface area (TPSA) is 93.9 Å². The lowest BCUT2D eigenvalue weighted by Gasteiger charge is -2.10. The van der Waals surface area contributed by atoms with Crippen molar-refractivity contribution in [3.05, 3.63) is 18.5 Å². The van der Waals surface area contributed by atoms with Crippen molar-refractivity contribution in [3.8, 4) is 0 Å². The summed E-state index contributed by atoms with van der Waals surface area (Å²) in [4.78, 5) is 11.9. The molecule has 2 rings (SSSR count). The molecule has 1 N–H and O–H groups in total. The van der Waals surface area contributed by atoms with Gasteiger partial charge in [-0.05, 0) is 13.3 Å². The summed E-state index contributed by atoms with van der Waals surface area (Å²) in [6.07, 6.45) is 2.23. The highest BCUT2D eigenvalue weighted by atomic mass is 32.2. The standard InChI is InChI=1S/C12H18N4O3S2/c1-3-5-16-9(2)14-15-12(16)20-7-11(17)13-10-4-6-21(18,19)8-10/h3,10H,1,4-8H2,2H3,(H,13,17)/t10-/m1/s1. The average Bonchev–Trinajstić information content (AvgIpc) is 2.92. The number of nitrogens with one attached hydrogen (secondary N) is 1. The average molecular weight is 330 g/mol. The fourth-order valence-electron chi connectivity index (χ4n) is 2.12. The normalized spacial score (nSPS) is 20.3. The fourth-order valence-corrected chi connectivity index (χ4v) is 4.59. The molecule has 1 aromatic rings. The Balaban J connectivity index is 1.86. The Morgan fingerprint density at radius 3 is 2.95 bits per heavy atom. The number of aromatic nitrogens is 3. The third-order valence-corrected chi connectivity index (χ3v) is 5.88. The lowest BCUT2D eigenvalue weighted by Crippen LogP contribution is -2.36. The van der Waals surface area contributed by atoms with E-state index in [1.807, 2.05) is 11.5 Å². The molecule has 0 radical (unpaired) electrons. The summed E-state index contributed by atoms with van der Waals surface area (Å²) < 4.78 is 24.5. The summed E-state index contributed by atoms with van der Waals surface area (Å²) in [6, 6.07) is -0.268. The summed E-state index contributed by atoms with van der Waals surface area (Å²) in [5.41, 5.74) is 0. The maximum absolute atomic E-state index is 11.9. The molecule has 9 heteroatoms. The molecule has 0 spiro atoms. The van der Waals surface area contributed by atoms with Gasteiger partial charge in [-0.2, -0.15) is 0 Å². The van der Waals surface area contributed by atoms with E-state index in [-0.39, 0.29) is 29.2 Å². The van der Waals surface area contributed by atoms with Crippen molar-refractivity contribution < 1.29 is 13.2 Å². The number of rotatable bonds is 6. The Hall–Kier alpha value is -1.35. The van der Waals surface area contributed by atoms with Gasteiger partial charge in [0.2, 0.25) is 5.91 Å². The van der Waals surface area contributed by atoms with Crippen LogP contribution in [-0.2, 0) is 21.2 Å². The Morgan fingerprint density at radius 1 is 1.57 bits per heavy atom. The molecule has 1 aliphatic heterocycles. The molecule has 116 valence electrons. The molecule has 0 saturated carbocycles. The van der Waals surface area contributed by atoms with Gasteiger partial charge in [0, 0.05) is 12.6 Å². The highest BCUT2D eigenvalue weighted by molar-refractivity contribution is 7.99. The lowest BCUT2D eigenvalue weighted by molar-refractivity contribution is -0.119. The number of sulfone groups is 1. The predicted molar refractivity (Wildman–Crippen MR) is 80.9 cm³/mol. The number of amides is 1. The highest BCUT2D eigenvalue weighted by Crippen LogP contribution is 2.17. The summed E-state index contributed by atoms with van der Waals surface area (Å²) in [5, 5.41) is 11.4. The molecule has 21 heavy (non-hydrogen) atoms. The number of hydrogen-bond donors (Lipinski definition) is 1. The van der Waals surface area contributed by atoms with Crippen LogP contribution in [0.25, 0.3) is 0 Å². The zero-order valence-corrected chi connectivity index (χ0v) is 13.4. The number of hydrogen-bond acceptors (Lipinski definition) is 6. The fraction of sp³-hybridized carbons (Fsp3) is 0.583. The smallest absolute Gasteiger partial charge is 0.230 e. The summed E-state index contributed by atoms with van der Waals surface area (Å²) in [7, 11) is -2.98. The molecule has 1 saturated heterocycles. The quantitative estimate of drug-likeness (QED) is 0.590. The summed E-state index contributed by atoms with van der Waals surface area (Å²) in [5.74, 6) is 0.950. The van der Waals surface area contributed by atoms with Gasteiger partial charge in [-0.15, -0.1) is 16.8 Å². The van der Waals surface area contributed by atoms with Crippen molar-refractivity contribution in [2.75, 3.05) is 17.3 Å². The molecule has 1 aromatic heterocycles. The highest BCUT2D eigenvalue weighted by Gasteiger charge is 2.28. The van der Waals surface area contributed by atoms with Gasteiger partial charge in [0.25, 0.3) is 0 Å². The molecule has 1 amide bonds. The molecule has 0 aromatic carbocycles. The molecule has 2 heterocycles. The Kier molecular flexibility index (Phi) is 5.04. The molecule has 7 nitrogen and oxygen atoms in total. The minimum absolute atomic E-state index is 0.0369. The number of nitrogens with zero attached hydrogens (tertiary/aromatic N) is 3. The number of aryl methyl sites for hydroxylation is 1. The maximum atomic E-state index is 11.9. The number of carbonyl (C=O) groups is 1. The number of carbonyl (C=O) groups excluding carboxylic acids is 1. The van der Waals surface area contributed by atoms with Crippen LogP contribution in [0.1, 0.15) is 12.2 Å². The van der Waals surface area contributed by atoms with Gasteiger partial charge in [0.1, 0.15) is 5.82 Å². The van der Waals surface area contributed by atoms with E-state index in [4.69, 9.17) is 0 Å². The van der Waals surface area contributed by atoms with Crippen LogP contribution in [0.3, 0.4) is 0 Å². The molecular formula is C12H18N4O3S2. The second kappa shape index (κ2) is 6.61. The van der Waals surface area contributed by atoms with E-state index in [0.717, 1.165) is 5.82 Å². The van der Waals surface area contributed by atoms with Crippen LogP contribution in [0.2, 0.25) is 0 Å². The van der Waals surface area contributed by atoms with E-state index in [2.05, 4.69) is 22.1 Å². The molecule has 1 atom stereocenters. The van der Waals surface area contributed by atoms with Gasteiger partial charge in [-0.1, -0.05) is 17.8 Å². The second-order valence-corrected chi connectivity index (χ2v) is 8.06. The number of allylic oxidation sites excluding steroid dienone is 1. The second-order valence-electron chi connectivity index (χ2n) is 4.89. The largest absolute Gasteiger partial charge is 0.352 e. The van der Waals surface area contributed by atoms with Crippen molar-refractivity contribution >= 4 is 27.5 Å². The van der Waals surface area contributed by atoms with Crippen molar-refractivity contribution in [1.82, 2.24) is 20.1 Å². The zero-order chi connectivity index (χ0) is 15.5. The van der Waals surface area contributed by atoms with Crippen LogP contribution in [0, 0.1) is 6.92 Å². The van der Waals surface area contributed by atoms with E-state index in [1.165, 1.54) is 11.8 Å². The van der Waals surface area contributed by atoms with Crippen molar-refractivity contribution in [2.45, 2.75) is 31.1 Å². The van der Waals surface area contributed by atoms with Crippen LogP contribution < -0.4 is 5.32 Å². The molecule has 1 aliphatic rings. The van der Waals surface area contributed by atoms with Gasteiger partial charge >= 0.3 is 0 Å². The van der Waals surface area contributed by atoms with Crippen LogP contribution in [-0.4, -0.2) is 52.4 Å². The van der Waals surface area contributed by atoms with Gasteiger partial charge in [0.05, 0.1) is 17.3 Å². The third kappa shape index (κ3) is 4.31. The molecule has 1 fully saturated rings. The van der Waals surface area contributed by atoms with E-state index in [1.54, 1.807) is 6.08 Å². The Bertz CT molecular complexity index is 639. The van der Waals surface area contributed by atoms with Gasteiger partial charge in [-0.3, -0.25) is 4.79 Å². The van der Waals surface area contributed by atoms with Crippen LogP contribution >= 0.6 is 11.8 Å². The predicted octanol–water partition coefficient (Wildman–Crippen LogP) is 0.168. The minimum Gasteiger partial charge on any atom is -0.352 e. The van der Waals surface area contributed by atoms with Crippen molar-refractivity contribution in [1.29, 1.82) is 0 Å². The lowest BCUT2D eigenvalue weighted by atomic mass is 10.3.